The predicted octanol–water partition coefficient (Wildman–Crippen LogP) is 4.33. The summed E-state index contributed by atoms with van der Waals surface area (Å²) < 4.78 is 0.947. The van der Waals surface area contributed by atoms with Gasteiger partial charge in [0.1, 0.15) is 0 Å². The Morgan fingerprint density at radius 1 is 1.11 bits per heavy atom. The SMILES string of the molecule is Cc1cccc(NC(=O)CCc2ccccc2)c1Br. The van der Waals surface area contributed by atoms with Crippen LogP contribution < -0.4 is 5.32 Å². The van der Waals surface area contributed by atoms with Gasteiger partial charge in [-0.05, 0) is 46.5 Å². The van der Waals surface area contributed by atoms with Gasteiger partial charge in [0.05, 0.1) is 5.69 Å². The van der Waals surface area contributed by atoms with Gasteiger partial charge in [-0.2, -0.15) is 0 Å². The third kappa shape index (κ3) is 3.93. The van der Waals surface area contributed by atoms with Crippen molar-refractivity contribution in [2.24, 2.45) is 0 Å². The van der Waals surface area contributed by atoms with Crippen LogP contribution in [0.25, 0.3) is 0 Å². The number of nitrogens with one attached hydrogen (secondary N) is 1. The van der Waals surface area contributed by atoms with Crippen LogP contribution in [-0.2, 0) is 11.2 Å². The van der Waals surface area contributed by atoms with Crippen LogP contribution in [0, 0.1) is 6.92 Å². The van der Waals surface area contributed by atoms with Crippen LogP contribution in [0.15, 0.2) is 53.0 Å². The molecule has 2 rings (SSSR count). The van der Waals surface area contributed by atoms with Gasteiger partial charge >= 0.3 is 0 Å². The highest BCUT2D eigenvalue weighted by atomic mass is 79.9. The lowest BCUT2D eigenvalue weighted by Crippen LogP contribution is -2.12. The maximum Gasteiger partial charge on any atom is 0.224 e. The van der Waals surface area contributed by atoms with Crippen molar-refractivity contribution in [3.8, 4) is 0 Å². The lowest BCUT2D eigenvalue weighted by molar-refractivity contribution is -0.116. The summed E-state index contributed by atoms with van der Waals surface area (Å²) in [6.45, 7) is 2.00. The average Bonchev–Trinajstić information content (AvgIpc) is 2.43. The third-order valence-electron chi connectivity index (χ3n) is 2.95. The molecule has 0 bridgehead atoms. The molecule has 0 radical (unpaired) electrons. The lowest BCUT2D eigenvalue weighted by Gasteiger charge is -2.09. The summed E-state index contributed by atoms with van der Waals surface area (Å²) in [6.07, 6.45) is 1.25. The van der Waals surface area contributed by atoms with Gasteiger partial charge in [0.25, 0.3) is 0 Å². The maximum atomic E-state index is 11.9. The second-order valence-corrected chi connectivity index (χ2v) is 5.26. The lowest BCUT2D eigenvalue weighted by atomic mass is 10.1. The minimum atomic E-state index is 0.0372. The number of amides is 1. The van der Waals surface area contributed by atoms with Gasteiger partial charge in [-0.15, -0.1) is 0 Å². The highest BCUT2D eigenvalue weighted by molar-refractivity contribution is 9.10. The molecular formula is C16H16BrNO. The number of halogens is 1. The number of carbonyl (C=O) groups excluding carboxylic acids is 1. The molecule has 0 aromatic heterocycles. The van der Waals surface area contributed by atoms with E-state index in [2.05, 4.69) is 21.2 Å². The molecule has 19 heavy (non-hydrogen) atoms. The minimum absolute atomic E-state index is 0.0372. The molecule has 0 fully saturated rings. The Bertz CT molecular complexity index is 566. The number of anilines is 1. The molecule has 2 aromatic carbocycles. The fourth-order valence-electron chi connectivity index (χ4n) is 1.86. The number of carbonyl (C=O) groups is 1. The maximum absolute atomic E-state index is 11.9. The Kier molecular flexibility index (Phi) is 4.74. The molecule has 1 N–H and O–H groups in total. The smallest absolute Gasteiger partial charge is 0.224 e. The van der Waals surface area contributed by atoms with Crippen LogP contribution in [0.5, 0.6) is 0 Å². The standard InChI is InChI=1S/C16H16BrNO/c1-12-6-5-9-14(16(12)17)18-15(19)11-10-13-7-3-2-4-8-13/h2-9H,10-11H2,1H3,(H,18,19). The first-order valence-electron chi connectivity index (χ1n) is 6.25. The van der Waals surface area contributed by atoms with Crippen molar-refractivity contribution in [2.45, 2.75) is 19.8 Å². The van der Waals surface area contributed by atoms with Gasteiger partial charge in [0.2, 0.25) is 5.91 Å². The van der Waals surface area contributed by atoms with E-state index < -0.39 is 0 Å². The minimum Gasteiger partial charge on any atom is -0.325 e. The van der Waals surface area contributed by atoms with Crippen LogP contribution in [0.4, 0.5) is 5.69 Å². The molecule has 1 amide bonds. The first-order chi connectivity index (χ1) is 9.16. The van der Waals surface area contributed by atoms with E-state index in [0.29, 0.717) is 6.42 Å². The molecule has 0 atom stereocenters. The van der Waals surface area contributed by atoms with Crippen molar-refractivity contribution in [1.82, 2.24) is 0 Å². The van der Waals surface area contributed by atoms with Gasteiger partial charge in [-0.1, -0.05) is 42.5 Å². The fourth-order valence-corrected chi connectivity index (χ4v) is 2.22. The Morgan fingerprint density at radius 3 is 2.58 bits per heavy atom. The third-order valence-corrected chi connectivity index (χ3v) is 4.00. The molecular weight excluding hydrogens is 302 g/mol. The quantitative estimate of drug-likeness (QED) is 0.893. The average molecular weight is 318 g/mol. The zero-order valence-corrected chi connectivity index (χ0v) is 12.4. The van der Waals surface area contributed by atoms with E-state index in [0.717, 1.165) is 22.1 Å². The Morgan fingerprint density at radius 2 is 1.84 bits per heavy atom. The van der Waals surface area contributed by atoms with E-state index in [9.17, 15) is 4.79 Å². The summed E-state index contributed by atoms with van der Waals surface area (Å²) in [5.41, 5.74) is 3.12. The first-order valence-corrected chi connectivity index (χ1v) is 7.05. The Hall–Kier alpha value is -1.61. The van der Waals surface area contributed by atoms with E-state index in [1.54, 1.807) is 0 Å². The van der Waals surface area contributed by atoms with Crippen molar-refractivity contribution in [2.75, 3.05) is 5.32 Å². The zero-order valence-electron chi connectivity index (χ0n) is 10.8. The number of rotatable bonds is 4. The number of benzene rings is 2. The van der Waals surface area contributed by atoms with Crippen LogP contribution in [0.3, 0.4) is 0 Å². The molecule has 0 saturated carbocycles. The van der Waals surface area contributed by atoms with Crippen molar-refractivity contribution in [3.05, 3.63) is 64.1 Å². The normalized spacial score (nSPS) is 10.2. The van der Waals surface area contributed by atoms with E-state index in [-0.39, 0.29) is 5.91 Å². The Labute approximate surface area is 122 Å². The summed E-state index contributed by atoms with van der Waals surface area (Å²) in [5.74, 6) is 0.0372. The molecule has 0 saturated heterocycles. The molecule has 0 unspecified atom stereocenters. The largest absolute Gasteiger partial charge is 0.325 e. The summed E-state index contributed by atoms with van der Waals surface area (Å²) in [6, 6.07) is 15.9. The monoisotopic (exact) mass is 317 g/mol. The fraction of sp³-hybridized carbons (Fsp3) is 0.188. The van der Waals surface area contributed by atoms with Crippen LogP contribution >= 0.6 is 15.9 Å². The molecule has 0 spiro atoms. The number of aryl methyl sites for hydroxylation is 2. The van der Waals surface area contributed by atoms with E-state index >= 15 is 0 Å². The van der Waals surface area contributed by atoms with Crippen LogP contribution in [0.1, 0.15) is 17.5 Å². The molecule has 98 valence electrons. The molecule has 3 heteroatoms. The molecule has 0 aliphatic rings. The van der Waals surface area contributed by atoms with Gasteiger partial charge in [-0.3, -0.25) is 4.79 Å². The van der Waals surface area contributed by atoms with Gasteiger partial charge < -0.3 is 5.32 Å². The van der Waals surface area contributed by atoms with Gasteiger partial charge in [-0.25, -0.2) is 0 Å². The van der Waals surface area contributed by atoms with E-state index in [1.807, 2.05) is 55.5 Å². The van der Waals surface area contributed by atoms with Crippen LogP contribution in [-0.4, -0.2) is 5.91 Å². The Balaban J connectivity index is 1.93. The van der Waals surface area contributed by atoms with Gasteiger partial charge in [0.15, 0.2) is 0 Å². The van der Waals surface area contributed by atoms with Crippen molar-refractivity contribution in [1.29, 1.82) is 0 Å². The predicted molar refractivity (Wildman–Crippen MR) is 82.3 cm³/mol. The number of hydrogen-bond donors (Lipinski definition) is 1. The molecule has 2 nitrogen and oxygen atoms in total. The zero-order chi connectivity index (χ0) is 13.7. The first kappa shape index (κ1) is 13.8. The molecule has 0 aliphatic carbocycles. The summed E-state index contributed by atoms with van der Waals surface area (Å²) in [5, 5.41) is 2.94. The summed E-state index contributed by atoms with van der Waals surface area (Å²) in [7, 11) is 0. The van der Waals surface area contributed by atoms with Crippen molar-refractivity contribution < 1.29 is 4.79 Å². The molecule has 0 aliphatic heterocycles. The van der Waals surface area contributed by atoms with E-state index in [1.165, 1.54) is 5.56 Å². The van der Waals surface area contributed by atoms with Crippen molar-refractivity contribution in [3.63, 3.8) is 0 Å². The highest BCUT2D eigenvalue weighted by Crippen LogP contribution is 2.25. The molecule has 2 aromatic rings. The van der Waals surface area contributed by atoms with E-state index in [4.69, 9.17) is 0 Å². The highest BCUT2D eigenvalue weighted by Gasteiger charge is 2.07. The van der Waals surface area contributed by atoms with Gasteiger partial charge in [0, 0.05) is 10.9 Å². The summed E-state index contributed by atoms with van der Waals surface area (Å²) >= 11 is 3.49. The molecule has 0 heterocycles. The number of hydrogen-bond acceptors (Lipinski definition) is 1. The topological polar surface area (TPSA) is 29.1 Å². The van der Waals surface area contributed by atoms with Crippen LogP contribution in [0.2, 0.25) is 0 Å². The second-order valence-electron chi connectivity index (χ2n) is 4.47. The van der Waals surface area contributed by atoms with Crippen molar-refractivity contribution >= 4 is 27.5 Å². The summed E-state index contributed by atoms with van der Waals surface area (Å²) in [4.78, 5) is 11.9. The second kappa shape index (κ2) is 6.53.